The second-order valence-corrected chi connectivity index (χ2v) is 6.54. The Balaban J connectivity index is 2.12. The molecule has 120 valence electrons. The van der Waals surface area contributed by atoms with Gasteiger partial charge in [-0.25, -0.2) is 4.79 Å². The molecule has 22 heavy (non-hydrogen) atoms. The average molecular weight is 306 g/mol. The molecule has 1 aromatic carbocycles. The van der Waals surface area contributed by atoms with Crippen molar-refractivity contribution < 1.29 is 19.5 Å². The Hall–Kier alpha value is -1.92. The van der Waals surface area contributed by atoms with Crippen LogP contribution in [0.1, 0.15) is 32.4 Å². The lowest BCUT2D eigenvalue weighted by Crippen LogP contribution is -2.47. The zero-order valence-corrected chi connectivity index (χ0v) is 13.3. The van der Waals surface area contributed by atoms with Gasteiger partial charge in [-0.15, -0.1) is 5.06 Å². The number of hydrogen-bond acceptors (Lipinski definition) is 5. The van der Waals surface area contributed by atoms with Crippen molar-refractivity contribution in [1.82, 2.24) is 9.96 Å². The van der Waals surface area contributed by atoms with Crippen molar-refractivity contribution in [2.45, 2.75) is 33.0 Å². The van der Waals surface area contributed by atoms with Crippen molar-refractivity contribution in [3.05, 3.63) is 35.9 Å². The average Bonchev–Trinajstić information content (AvgIpc) is 2.73. The number of amides is 1. The van der Waals surface area contributed by atoms with E-state index in [1.807, 2.05) is 20.8 Å². The smallest absolute Gasteiger partial charge is 0.358 e. The minimum absolute atomic E-state index is 0.00825. The molecule has 0 saturated carbocycles. The monoisotopic (exact) mass is 306 g/mol. The first-order valence-electron chi connectivity index (χ1n) is 7.19. The Bertz CT molecular complexity index is 553. The second kappa shape index (κ2) is 6.06. The summed E-state index contributed by atoms with van der Waals surface area (Å²) in [5, 5.41) is 11.4. The predicted molar refractivity (Wildman–Crippen MR) is 80.2 cm³/mol. The Morgan fingerprint density at radius 1 is 1.32 bits per heavy atom. The first-order valence-corrected chi connectivity index (χ1v) is 7.19. The fraction of sp³-hybridized carbons (Fsp3) is 0.500. The molecule has 1 aliphatic rings. The summed E-state index contributed by atoms with van der Waals surface area (Å²) in [6.45, 7) is 5.87. The molecule has 0 aromatic heterocycles. The maximum absolute atomic E-state index is 12.1. The van der Waals surface area contributed by atoms with E-state index in [1.54, 1.807) is 42.3 Å². The summed E-state index contributed by atoms with van der Waals surface area (Å²) in [5.41, 5.74) is 0.164. The molecular weight excluding hydrogens is 284 g/mol. The molecule has 0 unspecified atom stereocenters. The standard InChI is InChI=1S/C16H22N2O4/c1-16(2,3)15-17(4)12(19)10-18(15)22-14(21)13(20)11-8-6-5-7-9-11/h5-9,13,15,20H,10H2,1-4H3/t13-,15+/m1/s1. The van der Waals surface area contributed by atoms with Crippen LogP contribution >= 0.6 is 0 Å². The van der Waals surface area contributed by atoms with Gasteiger partial charge in [-0.1, -0.05) is 51.1 Å². The van der Waals surface area contributed by atoms with Gasteiger partial charge in [0.05, 0.1) is 0 Å². The first kappa shape index (κ1) is 16.5. The van der Waals surface area contributed by atoms with Crippen molar-refractivity contribution in [2.75, 3.05) is 13.6 Å². The molecule has 0 radical (unpaired) electrons. The molecule has 0 aliphatic carbocycles. The number of likely N-dealkylation sites (N-methyl/N-ethyl adjacent to an activating group) is 1. The number of benzene rings is 1. The predicted octanol–water partition coefficient (Wildman–Crippen LogP) is 1.32. The van der Waals surface area contributed by atoms with Crippen LogP contribution in [0.15, 0.2) is 30.3 Å². The number of rotatable bonds is 3. The highest BCUT2D eigenvalue weighted by molar-refractivity contribution is 5.81. The third-order valence-electron chi connectivity index (χ3n) is 3.64. The van der Waals surface area contributed by atoms with E-state index in [0.717, 1.165) is 0 Å². The van der Waals surface area contributed by atoms with E-state index in [9.17, 15) is 14.7 Å². The maximum atomic E-state index is 12.1. The molecule has 2 rings (SSSR count). The molecule has 1 aliphatic heterocycles. The SMILES string of the molecule is CN1C(=O)CN(OC(=O)[C@H](O)c2ccccc2)[C@H]1C(C)(C)C. The van der Waals surface area contributed by atoms with Crippen LogP contribution in [0.3, 0.4) is 0 Å². The number of hydroxylamine groups is 2. The van der Waals surface area contributed by atoms with Crippen molar-refractivity contribution in [1.29, 1.82) is 0 Å². The molecule has 6 heteroatoms. The zero-order chi connectivity index (χ0) is 16.5. The van der Waals surface area contributed by atoms with E-state index in [1.165, 1.54) is 5.06 Å². The number of hydrogen-bond donors (Lipinski definition) is 1. The van der Waals surface area contributed by atoms with Crippen molar-refractivity contribution in [3.8, 4) is 0 Å². The lowest BCUT2D eigenvalue weighted by Gasteiger charge is -2.36. The van der Waals surface area contributed by atoms with Crippen molar-refractivity contribution in [3.63, 3.8) is 0 Å². The lowest BCUT2D eigenvalue weighted by molar-refractivity contribution is -0.220. The molecule has 0 spiro atoms. The van der Waals surface area contributed by atoms with Gasteiger partial charge in [0, 0.05) is 7.05 Å². The Labute approximate surface area is 130 Å². The van der Waals surface area contributed by atoms with Crippen LogP contribution in [0.5, 0.6) is 0 Å². The van der Waals surface area contributed by atoms with Gasteiger partial charge in [0.25, 0.3) is 0 Å². The summed E-state index contributed by atoms with van der Waals surface area (Å²) in [6, 6.07) is 8.56. The fourth-order valence-corrected chi connectivity index (χ4v) is 2.69. The first-order chi connectivity index (χ1) is 10.2. The zero-order valence-electron chi connectivity index (χ0n) is 13.3. The van der Waals surface area contributed by atoms with Gasteiger partial charge in [-0.05, 0) is 11.0 Å². The summed E-state index contributed by atoms with van der Waals surface area (Å²) in [6.07, 6.45) is -1.74. The summed E-state index contributed by atoms with van der Waals surface area (Å²) >= 11 is 0. The summed E-state index contributed by atoms with van der Waals surface area (Å²) in [7, 11) is 1.68. The number of aliphatic hydroxyl groups excluding tert-OH is 1. The van der Waals surface area contributed by atoms with Gasteiger partial charge < -0.3 is 14.8 Å². The van der Waals surface area contributed by atoms with Gasteiger partial charge in [-0.3, -0.25) is 4.79 Å². The van der Waals surface area contributed by atoms with Crippen LogP contribution < -0.4 is 0 Å². The highest BCUT2D eigenvalue weighted by Crippen LogP contribution is 2.31. The number of carbonyl (C=O) groups excluding carboxylic acids is 2. The van der Waals surface area contributed by atoms with Gasteiger partial charge in [0.1, 0.15) is 12.7 Å². The van der Waals surface area contributed by atoms with E-state index >= 15 is 0 Å². The van der Waals surface area contributed by atoms with Crippen molar-refractivity contribution >= 4 is 11.9 Å². The van der Waals surface area contributed by atoms with Crippen LogP contribution in [0, 0.1) is 5.41 Å². The third kappa shape index (κ3) is 3.28. The maximum Gasteiger partial charge on any atom is 0.358 e. The van der Waals surface area contributed by atoms with E-state index in [0.29, 0.717) is 5.56 Å². The third-order valence-corrected chi connectivity index (χ3v) is 3.64. The molecular formula is C16H22N2O4. The summed E-state index contributed by atoms with van der Waals surface area (Å²) in [5.74, 6) is -0.912. The van der Waals surface area contributed by atoms with Gasteiger partial charge in [0.2, 0.25) is 5.91 Å². The van der Waals surface area contributed by atoms with Crippen LogP contribution in [-0.4, -0.2) is 46.7 Å². The van der Waals surface area contributed by atoms with E-state index in [2.05, 4.69) is 0 Å². The van der Waals surface area contributed by atoms with Crippen LogP contribution in [0.2, 0.25) is 0 Å². The molecule has 1 amide bonds. The molecule has 1 saturated heterocycles. The summed E-state index contributed by atoms with van der Waals surface area (Å²) in [4.78, 5) is 30.9. The lowest BCUT2D eigenvalue weighted by atomic mass is 9.92. The minimum atomic E-state index is -1.37. The van der Waals surface area contributed by atoms with Crippen molar-refractivity contribution in [2.24, 2.45) is 5.41 Å². The number of carbonyl (C=O) groups is 2. The fourth-order valence-electron chi connectivity index (χ4n) is 2.69. The normalized spacial score (nSPS) is 21.0. The van der Waals surface area contributed by atoms with Gasteiger partial charge in [0.15, 0.2) is 6.10 Å². The molecule has 6 nitrogen and oxygen atoms in total. The molecule has 1 aromatic rings. The van der Waals surface area contributed by atoms with E-state index in [-0.39, 0.29) is 24.0 Å². The summed E-state index contributed by atoms with van der Waals surface area (Å²) < 4.78 is 0. The molecule has 2 atom stereocenters. The van der Waals surface area contributed by atoms with E-state index in [4.69, 9.17) is 4.84 Å². The molecule has 1 N–H and O–H groups in total. The van der Waals surface area contributed by atoms with Gasteiger partial charge in [-0.2, -0.15) is 0 Å². The molecule has 1 fully saturated rings. The van der Waals surface area contributed by atoms with Gasteiger partial charge >= 0.3 is 5.97 Å². The largest absolute Gasteiger partial charge is 0.377 e. The molecule has 0 bridgehead atoms. The second-order valence-electron chi connectivity index (χ2n) is 6.54. The van der Waals surface area contributed by atoms with Crippen LogP contribution in [0.4, 0.5) is 0 Å². The quantitative estimate of drug-likeness (QED) is 0.912. The Morgan fingerprint density at radius 3 is 2.45 bits per heavy atom. The topological polar surface area (TPSA) is 70.1 Å². The number of nitrogens with zero attached hydrogens (tertiary/aromatic N) is 2. The minimum Gasteiger partial charge on any atom is -0.377 e. The highest BCUT2D eigenvalue weighted by atomic mass is 16.7. The Kier molecular flexibility index (Phi) is 4.53. The highest BCUT2D eigenvalue weighted by Gasteiger charge is 2.45. The number of aliphatic hydroxyl groups is 1. The Morgan fingerprint density at radius 2 is 1.91 bits per heavy atom. The molecule has 1 heterocycles. The van der Waals surface area contributed by atoms with E-state index < -0.39 is 12.1 Å². The van der Waals surface area contributed by atoms with Crippen LogP contribution in [-0.2, 0) is 14.4 Å². The van der Waals surface area contributed by atoms with Crippen LogP contribution in [0.25, 0.3) is 0 Å².